The Balaban J connectivity index is 1.83. The van der Waals surface area contributed by atoms with Crippen LogP contribution in [0.3, 0.4) is 0 Å². The van der Waals surface area contributed by atoms with Gasteiger partial charge in [-0.3, -0.25) is 0 Å². The van der Waals surface area contributed by atoms with E-state index < -0.39 is 13.7 Å². The first kappa shape index (κ1) is 19.8. The van der Waals surface area contributed by atoms with Gasteiger partial charge in [-0.2, -0.15) is 0 Å². The quantitative estimate of drug-likeness (QED) is 0.735. The molecular weight excluding hydrogens is 380 g/mol. The van der Waals surface area contributed by atoms with E-state index in [-0.39, 0.29) is 13.0 Å². The molecule has 4 nitrogen and oxygen atoms in total. The molecule has 0 heterocycles. The van der Waals surface area contributed by atoms with Gasteiger partial charge in [-0.1, -0.05) is 66.7 Å². The number of benzene rings is 2. The van der Waals surface area contributed by atoms with Gasteiger partial charge in [0.05, 0.1) is 6.61 Å². The molecule has 6 heteroatoms. The first-order valence-electron chi connectivity index (χ1n) is 8.61. The number of ether oxygens (including phenoxy) is 2. The zero-order valence-corrected chi connectivity index (χ0v) is 16.7. The Morgan fingerprint density at radius 2 is 1.59 bits per heavy atom. The first-order chi connectivity index (χ1) is 12.9. The molecule has 0 spiro atoms. The largest absolute Gasteiger partial charge is 0.489 e. The molecule has 2 aromatic rings. The maximum Gasteiger partial charge on any atom is 0.194 e. The Morgan fingerprint density at radius 1 is 1.04 bits per heavy atom. The SMILES string of the molecule is CC1=CCC(OCc2ccccc2)(S(=O)(O)=S)C=C1OCc1ccccc1. The lowest BCUT2D eigenvalue weighted by atomic mass is 10.0. The lowest BCUT2D eigenvalue weighted by Crippen LogP contribution is -2.40. The zero-order chi connectivity index (χ0) is 19.3. The number of hydrogen-bond acceptors (Lipinski definition) is 4. The van der Waals surface area contributed by atoms with Crippen molar-refractivity contribution in [2.75, 3.05) is 0 Å². The van der Waals surface area contributed by atoms with Gasteiger partial charge < -0.3 is 14.0 Å². The molecule has 0 aromatic heterocycles. The fraction of sp³-hybridized carbons (Fsp3) is 0.238. The van der Waals surface area contributed by atoms with E-state index in [1.807, 2.05) is 73.7 Å². The van der Waals surface area contributed by atoms with Crippen LogP contribution in [0.4, 0.5) is 0 Å². The van der Waals surface area contributed by atoms with E-state index in [9.17, 15) is 8.76 Å². The highest BCUT2D eigenvalue weighted by Gasteiger charge is 2.41. The van der Waals surface area contributed by atoms with Crippen LogP contribution >= 0.6 is 0 Å². The molecule has 0 fully saturated rings. The van der Waals surface area contributed by atoms with Gasteiger partial charge in [-0.15, -0.1) is 0 Å². The molecule has 3 rings (SSSR count). The monoisotopic (exact) mass is 402 g/mol. The van der Waals surface area contributed by atoms with E-state index in [0.29, 0.717) is 12.4 Å². The van der Waals surface area contributed by atoms with Crippen LogP contribution in [0.15, 0.2) is 84.1 Å². The Kier molecular flexibility index (Phi) is 6.11. The van der Waals surface area contributed by atoms with Crippen LogP contribution in [0.1, 0.15) is 24.5 Å². The average molecular weight is 403 g/mol. The van der Waals surface area contributed by atoms with E-state index >= 15 is 0 Å². The molecule has 0 radical (unpaired) electrons. The van der Waals surface area contributed by atoms with Gasteiger partial charge in [0.1, 0.15) is 12.4 Å². The second-order valence-corrected chi connectivity index (χ2v) is 9.43. The number of rotatable bonds is 7. The normalized spacial score (nSPS) is 21.7. The summed E-state index contributed by atoms with van der Waals surface area (Å²) in [6, 6.07) is 19.2. The van der Waals surface area contributed by atoms with Crippen LogP contribution < -0.4 is 0 Å². The van der Waals surface area contributed by atoms with Crippen molar-refractivity contribution < 1.29 is 18.2 Å². The smallest absolute Gasteiger partial charge is 0.194 e. The van der Waals surface area contributed by atoms with Gasteiger partial charge in [0.2, 0.25) is 0 Å². The van der Waals surface area contributed by atoms with Crippen LogP contribution in [0, 0.1) is 0 Å². The molecular formula is C21H22O4S2. The summed E-state index contributed by atoms with van der Waals surface area (Å²) in [7, 11) is -3.69. The minimum absolute atomic E-state index is 0.185. The molecule has 0 aliphatic heterocycles. The van der Waals surface area contributed by atoms with Crippen molar-refractivity contribution in [3.8, 4) is 0 Å². The van der Waals surface area contributed by atoms with Crippen LogP contribution in [-0.4, -0.2) is 13.7 Å². The van der Waals surface area contributed by atoms with E-state index in [4.69, 9.17) is 20.7 Å². The van der Waals surface area contributed by atoms with Gasteiger partial charge in [0.15, 0.2) is 13.7 Å². The Bertz CT molecular complexity index is 935. The van der Waals surface area contributed by atoms with Gasteiger partial charge in [0, 0.05) is 23.7 Å². The molecule has 0 bridgehead atoms. The van der Waals surface area contributed by atoms with Crippen LogP contribution in [-0.2, 0) is 42.6 Å². The lowest BCUT2D eigenvalue weighted by molar-refractivity contribution is 0.0337. The first-order valence-corrected chi connectivity index (χ1v) is 11.1. The predicted molar refractivity (Wildman–Crippen MR) is 110 cm³/mol. The van der Waals surface area contributed by atoms with E-state index in [1.54, 1.807) is 6.08 Å². The summed E-state index contributed by atoms with van der Waals surface area (Å²) >= 11 is 4.93. The molecule has 0 saturated carbocycles. The van der Waals surface area contributed by atoms with Crippen LogP contribution in [0.5, 0.6) is 0 Å². The standard InChI is InChI=1S/C21H22O4S2/c1-17-12-13-21(27(22,23)26,25-16-19-10-6-3-7-11-19)14-20(17)24-15-18-8-4-2-5-9-18/h2-12,14H,13,15-16H2,1H3,(H,22,23,26). The minimum Gasteiger partial charge on any atom is -0.489 e. The molecule has 27 heavy (non-hydrogen) atoms. The lowest BCUT2D eigenvalue weighted by Gasteiger charge is -2.33. The molecule has 2 unspecified atom stereocenters. The molecule has 0 amide bonds. The highest BCUT2D eigenvalue weighted by molar-refractivity contribution is 8.30. The topological polar surface area (TPSA) is 55.8 Å². The zero-order valence-electron chi connectivity index (χ0n) is 15.0. The van der Waals surface area contributed by atoms with Gasteiger partial charge in [0.25, 0.3) is 0 Å². The fourth-order valence-electron chi connectivity index (χ4n) is 2.79. The number of hydrogen-bond donors (Lipinski definition) is 1. The molecule has 0 saturated heterocycles. The van der Waals surface area contributed by atoms with E-state index in [2.05, 4.69) is 0 Å². The van der Waals surface area contributed by atoms with Crippen molar-refractivity contribution in [3.05, 3.63) is 95.3 Å². The number of allylic oxidation sites excluding steroid dienone is 1. The van der Waals surface area contributed by atoms with Crippen molar-refractivity contribution >= 4 is 20.0 Å². The van der Waals surface area contributed by atoms with E-state index in [0.717, 1.165) is 16.7 Å². The summed E-state index contributed by atoms with van der Waals surface area (Å²) in [5, 5.41) is 0. The minimum atomic E-state index is -3.69. The Hall–Kier alpha value is -1.99. The van der Waals surface area contributed by atoms with Crippen LogP contribution in [0.2, 0.25) is 0 Å². The molecule has 142 valence electrons. The third-order valence-corrected chi connectivity index (χ3v) is 6.55. The van der Waals surface area contributed by atoms with Crippen LogP contribution in [0.25, 0.3) is 0 Å². The predicted octanol–water partition coefficient (Wildman–Crippen LogP) is 4.57. The van der Waals surface area contributed by atoms with Crippen molar-refractivity contribution in [2.24, 2.45) is 0 Å². The fourth-order valence-corrected chi connectivity index (χ4v) is 4.04. The summed E-state index contributed by atoms with van der Waals surface area (Å²) in [6.07, 6.45) is 3.64. The van der Waals surface area contributed by atoms with Crippen molar-refractivity contribution in [2.45, 2.75) is 31.5 Å². The summed E-state index contributed by atoms with van der Waals surface area (Å²) in [5.74, 6) is 0.518. The third-order valence-electron chi connectivity index (χ3n) is 4.43. The van der Waals surface area contributed by atoms with Crippen molar-refractivity contribution in [1.29, 1.82) is 0 Å². The molecule has 2 atom stereocenters. The maximum atomic E-state index is 12.5. The molecule has 1 aliphatic carbocycles. The summed E-state index contributed by atoms with van der Waals surface area (Å²) in [4.78, 5) is -1.50. The van der Waals surface area contributed by atoms with Crippen molar-refractivity contribution in [1.82, 2.24) is 0 Å². The second kappa shape index (κ2) is 8.35. The molecule has 1 N–H and O–H groups in total. The highest BCUT2D eigenvalue weighted by atomic mass is 32.8. The van der Waals surface area contributed by atoms with E-state index in [1.165, 1.54) is 0 Å². The van der Waals surface area contributed by atoms with Gasteiger partial charge >= 0.3 is 0 Å². The summed E-state index contributed by atoms with van der Waals surface area (Å²) in [5.41, 5.74) is 2.81. The Labute approximate surface area is 165 Å². The third kappa shape index (κ3) is 4.84. The maximum absolute atomic E-state index is 12.5. The summed E-state index contributed by atoms with van der Waals surface area (Å²) in [6.45, 7) is 2.45. The Morgan fingerprint density at radius 3 is 2.15 bits per heavy atom. The van der Waals surface area contributed by atoms with Gasteiger partial charge in [-0.05, 0) is 23.6 Å². The van der Waals surface area contributed by atoms with Gasteiger partial charge in [-0.25, -0.2) is 4.21 Å². The highest BCUT2D eigenvalue weighted by Crippen LogP contribution is 2.35. The summed E-state index contributed by atoms with van der Waals surface area (Å²) < 4.78 is 34.6. The average Bonchev–Trinajstić information content (AvgIpc) is 2.67. The van der Waals surface area contributed by atoms with Crippen molar-refractivity contribution in [3.63, 3.8) is 0 Å². The second-order valence-electron chi connectivity index (χ2n) is 6.44. The molecule has 2 aromatic carbocycles. The molecule has 1 aliphatic rings.